The van der Waals surface area contributed by atoms with Gasteiger partial charge in [0.2, 0.25) is 0 Å². The molecule has 0 saturated heterocycles. The van der Waals surface area contributed by atoms with Gasteiger partial charge in [-0.25, -0.2) is 30.0 Å². The van der Waals surface area contributed by atoms with Gasteiger partial charge >= 0.3 is 32.0 Å². The molecule has 3 N–H and O–H groups in total. The van der Waals surface area contributed by atoms with Gasteiger partial charge in [-0.05, 0) is 12.1 Å². The van der Waals surface area contributed by atoms with Crippen molar-refractivity contribution in [3.63, 3.8) is 0 Å². The zero-order chi connectivity index (χ0) is 26.1. The van der Waals surface area contributed by atoms with Crippen LogP contribution in [0, 0.1) is 0 Å². The molecule has 9 nitrogen and oxygen atoms in total. The number of halogens is 9. The van der Waals surface area contributed by atoms with E-state index in [1.165, 1.54) is 24.3 Å². The van der Waals surface area contributed by atoms with Crippen LogP contribution < -0.4 is 14.2 Å². The molecule has 1 aromatic carbocycles. The summed E-state index contributed by atoms with van der Waals surface area (Å²) in [5, 5.41) is -11.9. The normalized spacial score (nSPS) is 14.8. The van der Waals surface area contributed by atoms with E-state index in [1.807, 2.05) is 0 Å². The Hall–Kier alpha value is -1.84. The molecular weight excluding hydrogens is 549 g/mol. The average molecular weight is 561 g/mol. The maximum atomic E-state index is 13.9. The van der Waals surface area contributed by atoms with Crippen LogP contribution in [0.2, 0.25) is 0 Å². The molecule has 192 valence electrons. The van der Waals surface area contributed by atoms with Gasteiger partial charge in [-0.3, -0.25) is 0 Å². The Bertz CT molecular complexity index is 1150. The molecule has 0 saturated carbocycles. The first kappa shape index (κ1) is 29.2. The van der Waals surface area contributed by atoms with E-state index in [0.29, 0.717) is 5.69 Å². The van der Waals surface area contributed by atoms with Gasteiger partial charge in [0.15, 0.2) is 0 Å². The number of rotatable bonds is 11. The number of hydrogen-bond donors (Lipinski definition) is 3. The van der Waals surface area contributed by atoms with E-state index in [4.69, 9.17) is 0 Å². The second-order valence-electron chi connectivity index (χ2n) is 5.83. The second kappa shape index (κ2) is 9.07. The molecule has 33 heavy (non-hydrogen) atoms. The summed E-state index contributed by atoms with van der Waals surface area (Å²) < 4.78 is 186. The van der Waals surface area contributed by atoms with E-state index in [2.05, 4.69) is 5.32 Å². The maximum absolute atomic E-state index is 13.9. The lowest BCUT2D eigenvalue weighted by Gasteiger charge is -2.31. The Balaban J connectivity index is 3.15. The average Bonchev–Trinajstić information content (AvgIpc) is 2.63. The first-order chi connectivity index (χ1) is 14.5. The van der Waals surface area contributed by atoms with Crippen molar-refractivity contribution in [3.8, 4) is 0 Å². The van der Waals surface area contributed by atoms with E-state index in [1.54, 1.807) is 6.07 Å². The summed E-state index contributed by atoms with van der Waals surface area (Å²) in [4.78, 5) is 0. The van der Waals surface area contributed by atoms with Gasteiger partial charge in [-0.1, -0.05) is 22.3 Å². The third-order valence-corrected chi connectivity index (χ3v) is 8.26. The van der Waals surface area contributed by atoms with Crippen molar-refractivity contribution in [2.75, 3.05) is 18.4 Å². The summed E-state index contributed by atoms with van der Waals surface area (Å²) in [6, 6.07) is 7.34. The van der Waals surface area contributed by atoms with Crippen LogP contribution in [0.3, 0.4) is 0 Å². The van der Waals surface area contributed by atoms with Gasteiger partial charge in [-0.15, -0.1) is 0 Å². The largest absolute Gasteiger partial charge is 0.512 e. The Morgan fingerprint density at radius 2 is 1.09 bits per heavy atom. The Kier molecular flexibility index (Phi) is 8.03. The van der Waals surface area contributed by atoms with Crippen LogP contribution >= 0.6 is 0 Å². The summed E-state index contributed by atoms with van der Waals surface area (Å²) in [6.07, 6.45) is 0. The number of nitrogens with one attached hydrogen (secondary N) is 3. The van der Waals surface area contributed by atoms with Gasteiger partial charge in [0, 0.05) is 18.8 Å². The molecule has 0 radical (unpaired) electrons. The van der Waals surface area contributed by atoms with E-state index >= 15 is 0 Å². The molecule has 21 heteroatoms. The molecule has 0 heterocycles. The smallest absolute Gasteiger partial charge is 0.384 e. The minimum Gasteiger partial charge on any atom is -0.384 e. The van der Waals surface area contributed by atoms with Crippen molar-refractivity contribution in [1.82, 2.24) is 8.85 Å². The summed E-state index contributed by atoms with van der Waals surface area (Å²) >= 11 is 0. The zero-order valence-corrected chi connectivity index (χ0v) is 17.8. The number of alkyl halides is 9. The molecule has 1 aromatic rings. The molecule has 0 fully saturated rings. The van der Waals surface area contributed by atoms with E-state index < -0.39 is 69.2 Å². The number of para-hydroxylation sites is 1. The molecule has 0 atom stereocenters. The topological polar surface area (TPSA) is 139 Å². The minimum absolute atomic E-state index is 0.295. The van der Waals surface area contributed by atoms with Crippen LogP contribution in [0.1, 0.15) is 0 Å². The maximum Gasteiger partial charge on any atom is 0.512 e. The molecule has 1 rings (SSSR count). The van der Waals surface area contributed by atoms with Crippen LogP contribution in [-0.4, -0.2) is 60.3 Å². The fourth-order valence-corrected chi connectivity index (χ4v) is 5.29. The van der Waals surface area contributed by atoms with Crippen molar-refractivity contribution in [2.24, 2.45) is 0 Å². The first-order valence-corrected chi connectivity index (χ1v) is 12.2. The quantitative estimate of drug-likeness (QED) is 0.276. The number of anilines is 1. The Labute approximate surface area is 180 Å². The van der Waals surface area contributed by atoms with Crippen LogP contribution in [0.25, 0.3) is 0 Å². The SMILES string of the molecule is O=S(=O)(NS(=O)(=O)C(F)(F)C(F)(F)C(F)(F)S(=O)(=O)NCCNc1ccccc1)C(F)(F)F. The summed E-state index contributed by atoms with van der Waals surface area (Å²) in [6.45, 7) is -1.69. The van der Waals surface area contributed by atoms with Gasteiger partial charge in [0.25, 0.3) is 20.0 Å². The molecule has 0 bridgehead atoms. The lowest BCUT2D eigenvalue weighted by molar-refractivity contribution is -0.244. The highest BCUT2D eigenvalue weighted by atomic mass is 32.3. The molecule has 0 aliphatic carbocycles. The summed E-state index contributed by atoms with van der Waals surface area (Å²) in [7, 11) is -21.9. The van der Waals surface area contributed by atoms with Crippen LogP contribution in [0.4, 0.5) is 45.2 Å². The third kappa shape index (κ3) is 5.63. The molecule has 0 unspecified atom stereocenters. The van der Waals surface area contributed by atoms with E-state index in [-0.39, 0.29) is 0 Å². The van der Waals surface area contributed by atoms with Crippen molar-refractivity contribution in [2.45, 2.75) is 21.9 Å². The summed E-state index contributed by atoms with van der Waals surface area (Å²) in [5.74, 6) is -7.45. The zero-order valence-electron chi connectivity index (χ0n) is 15.4. The van der Waals surface area contributed by atoms with Gasteiger partial charge in [0.05, 0.1) is 0 Å². The number of benzene rings is 1. The highest BCUT2D eigenvalue weighted by Gasteiger charge is 2.82. The Morgan fingerprint density at radius 3 is 1.55 bits per heavy atom. The first-order valence-electron chi connectivity index (χ1n) is 7.79. The van der Waals surface area contributed by atoms with E-state index in [9.17, 15) is 64.8 Å². The number of hydrogen-bond acceptors (Lipinski definition) is 7. The van der Waals surface area contributed by atoms with Crippen LogP contribution in [0.15, 0.2) is 30.3 Å². The van der Waals surface area contributed by atoms with Crippen molar-refractivity contribution in [1.29, 1.82) is 0 Å². The lowest BCUT2D eigenvalue weighted by atomic mass is 10.3. The highest BCUT2D eigenvalue weighted by Crippen LogP contribution is 2.50. The molecule has 0 amide bonds. The summed E-state index contributed by atoms with van der Waals surface area (Å²) in [5.41, 5.74) is -6.34. The third-order valence-electron chi connectivity index (χ3n) is 3.45. The van der Waals surface area contributed by atoms with Crippen molar-refractivity contribution < 1.29 is 64.8 Å². The van der Waals surface area contributed by atoms with Gasteiger partial charge in [-0.2, -0.15) is 39.5 Å². The fourth-order valence-electron chi connectivity index (χ4n) is 1.79. The molecule has 0 spiro atoms. The van der Waals surface area contributed by atoms with Gasteiger partial charge in [0.1, 0.15) is 0 Å². The molecule has 0 aliphatic rings. The monoisotopic (exact) mass is 561 g/mol. The van der Waals surface area contributed by atoms with Crippen LogP contribution in [-0.2, 0) is 30.1 Å². The van der Waals surface area contributed by atoms with Gasteiger partial charge < -0.3 is 5.32 Å². The van der Waals surface area contributed by atoms with Crippen molar-refractivity contribution in [3.05, 3.63) is 30.3 Å². The highest BCUT2D eigenvalue weighted by molar-refractivity contribution is 8.05. The molecule has 0 aromatic heterocycles. The predicted molar refractivity (Wildman–Crippen MR) is 93.7 cm³/mol. The Morgan fingerprint density at radius 1 is 0.636 bits per heavy atom. The van der Waals surface area contributed by atoms with E-state index in [0.717, 1.165) is 4.72 Å². The second-order valence-corrected chi connectivity index (χ2v) is 11.3. The lowest BCUT2D eigenvalue weighted by Crippen LogP contribution is -2.65. The van der Waals surface area contributed by atoms with Crippen molar-refractivity contribution >= 4 is 35.8 Å². The standard InChI is InChI=1S/C12H12F9N3O6S3/c13-9(14,11(17,18)32(27,28)24-33(29,30)12(19,20)21)10(15,16)31(25,26)23-7-6-22-8-4-2-1-3-5-8/h1-5,22-24H,6-7H2. The minimum atomic E-state index is -7.79. The predicted octanol–water partition coefficient (Wildman–Crippen LogP) is 1.61. The molecular formula is C12H12F9N3O6S3. The molecule has 0 aliphatic heterocycles. The van der Waals surface area contributed by atoms with Crippen LogP contribution in [0.5, 0.6) is 0 Å². The number of sulfonamides is 3. The fraction of sp³-hybridized carbons (Fsp3) is 0.500.